The largest absolute Gasteiger partial charge is 0.497 e. The number of ether oxygens (including phenoxy) is 2. The van der Waals surface area contributed by atoms with E-state index in [1.807, 2.05) is 48.5 Å². The van der Waals surface area contributed by atoms with Crippen LogP contribution < -0.4 is 14.9 Å². The predicted octanol–water partition coefficient (Wildman–Crippen LogP) is 5.23. The van der Waals surface area contributed by atoms with Crippen molar-refractivity contribution in [3.8, 4) is 34.0 Å². The zero-order valence-electron chi connectivity index (χ0n) is 18.7. The van der Waals surface area contributed by atoms with Gasteiger partial charge in [-0.25, -0.2) is 10.4 Å². The predicted molar refractivity (Wildman–Crippen MR) is 133 cm³/mol. The number of hydrogen-bond acceptors (Lipinski definition) is 9. The standard InChI is InChI=1S/C24H19ClN6O4/c1-34-17-10-6-15(7-11-17)22-23(16-8-12-18(35-2)13-9-16)28-30-24(27-22)29-26-14-19-20(25)4-3-5-21(19)31(32)33/h3-14H,1-2H3,(H,27,29,30)/b26-14+. The maximum absolute atomic E-state index is 11.3. The molecule has 176 valence electrons. The second-order valence-electron chi connectivity index (χ2n) is 7.09. The van der Waals surface area contributed by atoms with E-state index in [1.165, 1.54) is 18.3 Å². The summed E-state index contributed by atoms with van der Waals surface area (Å²) in [4.78, 5) is 15.3. The van der Waals surface area contributed by atoms with E-state index < -0.39 is 4.92 Å². The zero-order valence-corrected chi connectivity index (χ0v) is 19.4. The van der Waals surface area contributed by atoms with Gasteiger partial charge in [-0.3, -0.25) is 10.1 Å². The van der Waals surface area contributed by atoms with Crippen molar-refractivity contribution in [3.63, 3.8) is 0 Å². The normalized spacial score (nSPS) is 10.8. The van der Waals surface area contributed by atoms with E-state index in [4.69, 9.17) is 21.1 Å². The number of hydrogen-bond donors (Lipinski definition) is 1. The molecule has 0 fully saturated rings. The van der Waals surface area contributed by atoms with Crippen LogP contribution in [0.15, 0.2) is 71.8 Å². The van der Waals surface area contributed by atoms with Crippen molar-refractivity contribution >= 4 is 29.5 Å². The van der Waals surface area contributed by atoms with Gasteiger partial charge in [0, 0.05) is 17.2 Å². The van der Waals surface area contributed by atoms with Gasteiger partial charge < -0.3 is 9.47 Å². The molecule has 10 nitrogen and oxygen atoms in total. The van der Waals surface area contributed by atoms with Gasteiger partial charge in [-0.15, -0.1) is 10.2 Å². The minimum absolute atomic E-state index is 0.0963. The van der Waals surface area contributed by atoms with Crippen LogP contribution >= 0.6 is 11.6 Å². The molecule has 0 spiro atoms. The van der Waals surface area contributed by atoms with E-state index in [9.17, 15) is 10.1 Å². The van der Waals surface area contributed by atoms with E-state index in [2.05, 4.69) is 25.7 Å². The molecule has 0 saturated carbocycles. The summed E-state index contributed by atoms with van der Waals surface area (Å²) in [7, 11) is 3.19. The summed E-state index contributed by atoms with van der Waals surface area (Å²) in [6.45, 7) is 0. The summed E-state index contributed by atoms with van der Waals surface area (Å²) in [5.74, 6) is 1.51. The Labute approximate surface area is 205 Å². The monoisotopic (exact) mass is 490 g/mol. The highest BCUT2D eigenvalue weighted by Gasteiger charge is 2.16. The first-order valence-corrected chi connectivity index (χ1v) is 10.6. The summed E-state index contributed by atoms with van der Waals surface area (Å²) in [5.41, 5.74) is 5.33. The van der Waals surface area contributed by atoms with Gasteiger partial charge in [0.15, 0.2) is 0 Å². The highest BCUT2D eigenvalue weighted by atomic mass is 35.5. The number of nitro benzene ring substituents is 1. The lowest BCUT2D eigenvalue weighted by Gasteiger charge is -2.10. The Morgan fingerprint density at radius 1 is 0.914 bits per heavy atom. The van der Waals surface area contributed by atoms with Crippen molar-refractivity contribution in [3.05, 3.63) is 87.4 Å². The second-order valence-corrected chi connectivity index (χ2v) is 7.50. The van der Waals surface area contributed by atoms with E-state index >= 15 is 0 Å². The highest BCUT2D eigenvalue weighted by molar-refractivity contribution is 6.33. The molecule has 1 aromatic heterocycles. The number of nitrogens with one attached hydrogen (secondary N) is 1. The Morgan fingerprint density at radius 2 is 1.51 bits per heavy atom. The number of nitrogens with zero attached hydrogens (tertiary/aromatic N) is 5. The molecule has 11 heteroatoms. The van der Waals surface area contributed by atoms with Crippen molar-refractivity contribution in [1.29, 1.82) is 0 Å². The molecule has 4 aromatic rings. The Bertz CT molecular complexity index is 1380. The van der Waals surface area contributed by atoms with Gasteiger partial charge in [0.1, 0.15) is 22.9 Å². The van der Waals surface area contributed by atoms with E-state index in [1.54, 1.807) is 20.3 Å². The molecule has 0 aliphatic rings. The van der Waals surface area contributed by atoms with Crippen LogP contribution in [0.25, 0.3) is 22.5 Å². The summed E-state index contributed by atoms with van der Waals surface area (Å²) in [5, 5.41) is 24.0. The third-order valence-electron chi connectivity index (χ3n) is 5.00. The molecule has 3 aromatic carbocycles. The molecule has 4 rings (SSSR count). The third kappa shape index (κ3) is 5.33. The zero-order chi connectivity index (χ0) is 24.8. The lowest BCUT2D eigenvalue weighted by atomic mass is 10.0. The van der Waals surface area contributed by atoms with Crippen molar-refractivity contribution in [1.82, 2.24) is 15.2 Å². The van der Waals surface area contributed by atoms with Crippen molar-refractivity contribution in [2.75, 3.05) is 19.6 Å². The number of rotatable bonds is 8. The van der Waals surface area contributed by atoms with Gasteiger partial charge in [-0.05, 0) is 54.6 Å². The quantitative estimate of drug-likeness (QED) is 0.202. The van der Waals surface area contributed by atoms with Crippen molar-refractivity contribution < 1.29 is 14.4 Å². The third-order valence-corrected chi connectivity index (χ3v) is 5.33. The first kappa shape index (κ1) is 23.6. The Morgan fingerprint density at radius 3 is 2.09 bits per heavy atom. The fourth-order valence-electron chi connectivity index (χ4n) is 3.23. The summed E-state index contributed by atoms with van der Waals surface area (Å²) < 4.78 is 10.5. The number of halogens is 1. The average molecular weight is 491 g/mol. The molecule has 1 heterocycles. The fraction of sp³-hybridized carbons (Fsp3) is 0.0833. The van der Waals surface area contributed by atoms with Crippen LogP contribution in [0.3, 0.4) is 0 Å². The van der Waals surface area contributed by atoms with E-state index in [-0.39, 0.29) is 22.2 Å². The topological polar surface area (TPSA) is 125 Å². The molecule has 0 saturated heterocycles. The van der Waals surface area contributed by atoms with Gasteiger partial charge in [-0.2, -0.15) is 5.10 Å². The minimum atomic E-state index is -0.531. The van der Waals surface area contributed by atoms with Gasteiger partial charge in [0.05, 0.1) is 35.9 Å². The van der Waals surface area contributed by atoms with Crippen molar-refractivity contribution in [2.45, 2.75) is 0 Å². The lowest BCUT2D eigenvalue weighted by Crippen LogP contribution is -2.04. The van der Waals surface area contributed by atoms with Gasteiger partial charge >= 0.3 is 0 Å². The Kier molecular flexibility index (Phi) is 7.12. The molecule has 1 N–H and O–H groups in total. The van der Waals surface area contributed by atoms with E-state index in [0.717, 1.165) is 11.1 Å². The van der Waals surface area contributed by atoms with Crippen LogP contribution in [-0.2, 0) is 0 Å². The number of anilines is 1. The van der Waals surface area contributed by atoms with Gasteiger partial charge in [-0.1, -0.05) is 17.7 Å². The number of methoxy groups -OCH3 is 2. The number of nitro groups is 1. The number of hydrazone groups is 1. The first-order valence-electron chi connectivity index (χ1n) is 10.3. The van der Waals surface area contributed by atoms with Gasteiger partial charge in [0.2, 0.25) is 0 Å². The maximum atomic E-state index is 11.3. The van der Waals surface area contributed by atoms with Gasteiger partial charge in [0.25, 0.3) is 11.6 Å². The van der Waals surface area contributed by atoms with Crippen LogP contribution in [0.5, 0.6) is 11.5 Å². The smallest absolute Gasteiger partial charge is 0.279 e. The molecule has 0 atom stereocenters. The van der Waals surface area contributed by atoms with Crippen LogP contribution in [0.4, 0.5) is 11.6 Å². The maximum Gasteiger partial charge on any atom is 0.279 e. The van der Waals surface area contributed by atoms with Crippen LogP contribution in [0, 0.1) is 10.1 Å². The second kappa shape index (κ2) is 10.6. The Balaban J connectivity index is 1.70. The number of benzene rings is 3. The molecule has 0 unspecified atom stereocenters. The molecule has 0 bridgehead atoms. The SMILES string of the molecule is COc1ccc(-c2nnc(N/N=C/c3c(Cl)cccc3[N+](=O)[O-])nc2-c2ccc(OC)cc2)cc1. The highest BCUT2D eigenvalue weighted by Crippen LogP contribution is 2.31. The lowest BCUT2D eigenvalue weighted by molar-refractivity contribution is -0.385. The summed E-state index contributed by atoms with van der Waals surface area (Å²) in [6, 6.07) is 19.1. The number of aromatic nitrogens is 3. The molecule has 0 amide bonds. The van der Waals surface area contributed by atoms with Crippen LogP contribution in [-0.4, -0.2) is 40.5 Å². The molecule has 0 radical (unpaired) electrons. The Hall–Kier alpha value is -4.57. The molecular weight excluding hydrogens is 472 g/mol. The van der Waals surface area contributed by atoms with E-state index in [0.29, 0.717) is 22.9 Å². The summed E-state index contributed by atoms with van der Waals surface area (Å²) >= 11 is 6.11. The molecule has 35 heavy (non-hydrogen) atoms. The molecule has 0 aliphatic heterocycles. The fourth-order valence-corrected chi connectivity index (χ4v) is 3.45. The first-order chi connectivity index (χ1) is 17.0. The summed E-state index contributed by atoms with van der Waals surface area (Å²) in [6.07, 6.45) is 1.24. The molecular formula is C24H19ClN6O4. The minimum Gasteiger partial charge on any atom is -0.497 e. The molecule has 0 aliphatic carbocycles. The van der Waals surface area contributed by atoms with Crippen LogP contribution in [0.2, 0.25) is 5.02 Å². The average Bonchev–Trinajstić information content (AvgIpc) is 2.89. The van der Waals surface area contributed by atoms with Crippen LogP contribution in [0.1, 0.15) is 5.56 Å². The van der Waals surface area contributed by atoms with Crippen molar-refractivity contribution in [2.24, 2.45) is 5.10 Å².